The summed E-state index contributed by atoms with van der Waals surface area (Å²) >= 11 is 0. The molecule has 0 aromatic heterocycles. The summed E-state index contributed by atoms with van der Waals surface area (Å²) in [5, 5.41) is 3.00. The first-order valence-corrected chi connectivity index (χ1v) is 11.7. The van der Waals surface area contributed by atoms with Gasteiger partial charge in [0.1, 0.15) is 5.75 Å². The van der Waals surface area contributed by atoms with Gasteiger partial charge in [0.05, 0.1) is 12.0 Å². The van der Waals surface area contributed by atoms with Gasteiger partial charge in [-0.3, -0.25) is 4.79 Å². The molecule has 1 saturated heterocycles. The Morgan fingerprint density at radius 2 is 1.70 bits per heavy atom. The zero-order valence-corrected chi connectivity index (χ0v) is 18.9. The van der Waals surface area contributed by atoms with Crippen LogP contribution in [0.25, 0.3) is 0 Å². The Bertz CT molecular complexity index is 1020. The van der Waals surface area contributed by atoms with Crippen molar-refractivity contribution in [2.45, 2.75) is 51.3 Å². The van der Waals surface area contributed by atoms with Gasteiger partial charge in [-0.2, -0.15) is 4.31 Å². The number of carbonyl (C=O) groups is 1. The Kier molecular flexibility index (Phi) is 6.83. The fourth-order valence-corrected chi connectivity index (χ4v) is 5.58. The number of amides is 1. The normalized spacial score (nSPS) is 14.7. The third kappa shape index (κ3) is 4.84. The molecule has 7 heteroatoms. The molecule has 1 aliphatic rings. The maximum absolute atomic E-state index is 12.9. The van der Waals surface area contributed by atoms with Crippen LogP contribution in [0.1, 0.15) is 41.5 Å². The van der Waals surface area contributed by atoms with Crippen LogP contribution in [0.4, 0.5) is 5.69 Å². The molecule has 1 N–H and O–H groups in total. The number of ether oxygens (including phenoxy) is 1. The summed E-state index contributed by atoms with van der Waals surface area (Å²) in [6, 6.07) is 8.97. The molecule has 2 aromatic rings. The number of benzene rings is 2. The number of hydrogen-bond acceptors (Lipinski definition) is 4. The van der Waals surface area contributed by atoms with Crippen molar-refractivity contribution in [1.82, 2.24) is 4.31 Å². The highest BCUT2D eigenvalue weighted by atomic mass is 32.2. The molecule has 0 saturated carbocycles. The summed E-state index contributed by atoms with van der Waals surface area (Å²) in [5.41, 5.74) is 4.76. The van der Waals surface area contributed by atoms with Gasteiger partial charge in [0.25, 0.3) is 0 Å². The van der Waals surface area contributed by atoms with Crippen molar-refractivity contribution in [3.05, 3.63) is 52.6 Å². The number of anilines is 1. The van der Waals surface area contributed by atoms with E-state index in [1.54, 1.807) is 25.3 Å². The van der Waals surface area contributed by atoms with Crippen LogP contribution in [-0.4, -0.2) is 38.8 Å². The molecule has 0 bridgehead atoms. The molecule has 1 aliphatic heterocycles. The topological polar surface area (TPSA) is 75.7 Å². The van der Waals surface area contributed by atoms with Crippen LogP contribution in [0, 0.1) is 20.8 Å². The molecule has 0 atom stereocenters. The predicted octanol–water partition coefficient (Wildman–Crippen LogP) is 3.98. The van der Waals surface area contributed by atoms with Gasteiger partial charge in [-0.05, 0) is 74.9 Å². The van der Waals surface area contributed by atoms with Crippen LogP contribution in [0.5, 0.6) is 5.75 Å². The maximum Gasteiger partial charge on any atom is 0.243 e. The minimum atomic E-state index is -3.51. The first-order valence-electron chi connectivity index (χ1n) is 10.3. The summed E-state index contributed by atoms with van der Waals surface area (Å²) in [6.45, 7) is 7.10. The molecule has 1 fully saturated rings. The molecular formula is C23H30N2O4S. The fraction of sp³-hybridized carbons (Fsp3) is 0.435. The molecule has 0 unspecified atom stereocenters. The molecule has 0 spiro atoms. The average Bonchev–Trinajstić information content (AvgIpc) is 3.24. The van der Waals surface area contributed by atoms with Crippen molar-refractivity contribution in [1.29, 1.82) is 0 Å². The van der Waals surface area contributed by atoms with Crippen molar-refractivity contribution < 1.29 is 17.9 Å². The van der Waals surface area contributed by atoms with Crippen LogP contribution in [0.2, 0.25) is 0 Å². The van der Waals surface area contributed by atoms with Gasteiger partial charge in [0.2, 0.25) is 15.9 Å². The highest BCUT2D eigenvalue weighted by Gasteiger charge is 2.27. The lowest BCUT2D eigenvalue weighted by molar-refractivity contribution is -0.116. The second kappa shape index (κ2) is 9.18. The van der Waals surface area contributed by atoms with Crippen molar-refractivity contribution >= 4 is 21.6 Å². The minimum Gasteiger partial charge on any atom is -0.496 e. The van der Waals surface area contributed by atoms with E-state index in [4.69, 9.17) is 4.74 Å². The predicted molar refractivity (Wildman–Crippen MR) is 119 cm³/mol. The van der Waals surface area contributed by atoms with Crippen molar-refractivity contribution in [2.75, 3.05) is 25.5 Å². The van der Waals surface area contributed by atoms with Gasteiger partial charge < -0.3 is 10.1 Å². The minimum absolute atomic E-state index is 0.111. The van der Waals surface area contributed by atoms with E-state index in [2.05, 4.69) is 5.32 Å². The molecule has 30 heavy (non-hydrogen) atoms. The molecule has 0 radical (unpaired) electrons. The van der Waals surface area contributed by atoms with Gasteiger partial charge in [0, 0.05) is 25.2 Å². The lowest BCUT2D eigenvalue weighted by Crippen LogP contribution is -2.28. The van der Waals surface area contributed by atoms with Gasteiger partial charge in [-0.15, -0.1) is 0 Å². The van der Waals surface area contributed by atoms with Gasteiger partial charge in [-0.25, -0.2) is 8.42 Å². The third-order valence-electron chi connectivity index (χ3n) is 5.52. The number of methoxy groups -OCH3 is 1. The van der Waals surface area contributed by atoms with Gasteiger partial charge >= 0.3 is 0 Å². The SMILES string of the molecule is COc1ccc(S(=O)(=O)N2CCCC2)cc1CCC(=O)Nc1c(C)cc(C)cc1C. The van der Waals surface area contributed by atoms with Crippen molar-refractivity contribution in [3.63, 3.8) is 0 Å². The largest absolute Gasteiger partial charge is 0.496 e. The second-order valence-electron chi connectivity index (χ2n) is 7.91. The maximum atomic E-state index is 12.9. The molecule has 2 aromatic carbocycles. The smallest absolute Gasteiger partial charge is 0.243 e. The van der Waals surface area contributed by atoms with Crippen molar-refractivity contribution in [3.8, 4) is 5.75 Å². The number of carbonyl (C=O) groups excluding carboxylic acids is 1. The standard InChI is InChI=1S/C23H30N2O4S/c1-16-13-17(2)23(18(3)14-16)24-22(26)10-7-19-15-20(8-9-21(19)29-4)30(27,28)25-11-5-6-12-25/h8-9,13-15H,5-7,10-12H2,1-4H3,(H,24,26). The summed E-state index contributed by atoms with van der Waals surface area (Å²) in [7, 11) is -1.96. The lowest BCUT2D eigenvalue weighted by Gasteiger charge is -2.17. The second-order valence-corrected chi connectivity index (χ2v) is 9.84. The Balaban J connectivity index is 1.75. The number of hydrogen-bond donors (Lipinski definition) is 1. The molecule has 3 rings (SSSR count). The van der Waals surface area contributed by atoms with E-state index in [1.807, 2.05) is 32.9 Å². The Morgan fingerprint density at radius 3 is 2.30 bits per heavy atom. The van der Waals surface area contributed by atoms with Crippen LogP contribution in [0.3, 0.4) is 0 Å². The van der Waals surface area contributed by atoms with Crippen LogP contribution in [-0.2, 0) is 21.2 Å². The zero-order valence-electron chi connectivity index (χ0n) is 18.1. The zero-order chi connectivity index (χ0) is 21.9. The fourth-order valence-electron chi connectivity index (χ4n) is 4.02. The summed E-state index contributed by atoms with van der Waals surface area (Å²) in [5.74, 6) is 0.478. The first-order chi connectivity index (χ1) is 14.2. The van der Waals surface area contributed by atoms with E-state index in [9.17, 15) is 13.2 Å². The monoisotopic (exact) mass is 430 g/mol. The van der Waals surface area contributed by atoms with E-state index >= 15 is 0 Å². The van der Waals surface area contributed by atoms with E-state index < -0.39 is 10.0 Å². The molecule has 162 valence electrons. The highest BCUT2D eigenvalue weighted by Crippen LogP contribution is 2.28. The van der Waals surface area contributed by atoms with Gasteiger partial charge in [-0.1, -0.05) is 17.7 Å². The third-order valence-corrected chi connectivity index (χ3v) is 7.41. The summed E-state index contributed by atoms with van der Waals surface area (Å²) in [4.78, 5) is 12.8. The van der Waals surface area contributed by atoms with E-state index in [1.165, 1.54) is 4.31 Å². The quantitative estimate of drug-likeness (QED) is 0.721. The lowest BCUT2D eigenvalue weighted by atomic mass is 10.0. The Hall–Kier alpha value is -2.38. The molecule has 1 heterocycles. The number of nitrogens with one attached hydrogen (secondary N) is 1. The molecule has 1 amide bonds. The summed E-state index contributed by atoms with van der Waals surface area (Å²) < 4.78 is 32.7. The van der Waals surface area contributed by atoms with Gasteiger partial charge in [0.15, 0.2) is 0 Å². The highest BCUT2D eigenvalue weighted by molar-refractivity contribution is 7.89. The van der Waals surface area contributed by atoms with Crippen LogP contribution < -0.4 is 10.1 Å². The number of sulfonamides is 1. The van der Waals surface area contributed by atoms with Crippen LogP contribution in [0.15, 0.2) is 35.2 Å². The average molecular weight is 431 g/mol. The van der Waals surface area contributed by atoms with E-state index in [0.717, 1.165) is 35.2 Å². The molecule has 0 aliphatic carbocycles. The number of rotatable bonds is 7. The summed E-state index contributed by atoms with van der Waals surface area (Å²) in [6.07, 6.45) is 2.40. The van der Waals surface area contributed by atoms with E-state index in [0.29, 0.717) is 30.8 Å². The number of nitrogens with zero attached hydrogens (tertiary/aromatic N) is 1. The van der Waals surface area contributed by atoms with Crippen LogP contribution >= 0.6 is 0 Å². The van der Waals surface area contributed by atoms with E-state index in [-0.39, 0.29) is 17.2 Å². The van der Waals surface area contributed by atoms with Crippen molar-refractivity contribution in [2.24, 2.45) is 0 Å². The molecular weight excluding hydrogens is 400 g/mol. The molecule has 6 nitrogen and oxygen atoms in total. The first kappa shape index (κ1) is 22.3. The Labute approximate surface area is 179 Å². The number of aryl methyl sites for hydroxylation is 4. The Morgan fingerprint density at radius 1 is 1.07 bits per heavy atom.